The van der Waals surface area contributed by atoms with Gasteiger partial charge in [-0.1, -0.05) is 12.5 Å². The topological polar surface area (TPSA) is 26.3 Å². The number of esters is 1. The fourth-order valence-electron chi connectivity index (χ4n) is 1.48. The van der Waals surface area contributed by atoms with Crippen LogP contribution in [0, 0.1) is 5.92 Å². The van der Waals surface area contributed by atoms with Crippen LogP contribution in [0.3, 0.4) is 0 Å². The van der Waals surface area contributed by atoms with Crippen LogP contribution in [-0.4, -0.2) is 12.1 Å². The molecule has 2 heteroatoms. The van der Waals surface area contributed by atoms with Crippen molar-refractivity contribution in [3.05, 3.63) is 12.7 Å². The maximum atomic E-state index is 10.9. The van der Waals surface area contributed by atoms with Crippen molar-refractivity contribution in [2.45, 2.75) is 38.7 Å². The van der Waals surface area contributed by atoms with Gasteiger partial charge in [-0.05, 0) is 26.2 Å². The summed E-state index contributed by atoms with van der Waals surface area (Å²) in [6.07, 6.45) is 6.35. The van der Waals surface area contributed by atoms with Gasteiger partial charge in [0.1, 0.15) is 6.10 Å². The molecule has 0 radical (unpaired) electrons. The van der Waals surface area contributed by atoms with E-state index in [2.05, 4.69) is 6.58 Å². The van der Waals surface area contributed by atoms with Gasteiger partial charge in [0.25, 0.3) is 0 Å². The van der Waals surface area contributed by atoms with E-state index in [1.807, 2.05) is 13.0 Å². The van der Waals surface area contributed by atoms with E-state index < -0.39 is 0 Å². The first kappa shape index (κ1) is 9.30. The van der Waals surface area contributed by atoms with Gasteiger partial charge in [-0.25, -0.2) is 0 Å². The molecule has 68 valence electrons. The molecule has 2 atom stereocenters. The number of hydrogen-bond donors (Lipinski definition) is 0. The Hall–Kier alpha value is -0.790. The van der Waals surface area contributed by atoms with Crippen LogP contribution in [0.5, 0.6) is 0 Å². The molecule has 1 fully saturated rings. The molecule has 0 N–H and O–H groups in total. The Morgan fingerprint density at radius 1 is 1.58 bits per heavy atom. The van der Waals surface area contributed by atoms with E-state index in [4.69, 9.17) is 4.74 Å². The van der Waals surface area contributed by atoms with E-state index in [1.165, 1.54) is 0 Å². The maximum Gasteiger partial charge on any atom is 0.312 e. The van der Waals surface area contributed by atoms with Gasteiger partial charge >= 0.3 is 5.97 Å². The zero-order valence-corrected chi connectivity index (χ0v) is 7.58. The number of carbonyl (C=O) groups excluding carboxylic acids is 1. The summed E-state index contributed by atoms with van der Waals surface area (Å²) in [5.74, 6) is 0.163. The molecule has 1 aliphatic heterocycles. The molecule has 12 heavy (non-hydrogen) atoms. The number of carbonyl (C=O) groups is 1. The zero-order chi connectivity index (χ0) is 8.97. The lowest BCUT2D eigenvalue weighted by molar-refractivity contribution is -0.182. The molecule has 1 aliphatic rings. The molecule has 0 aromatic rings. The largest absolute Gasteiger partial charge is 0.461 e. The molecule has 0 aromatic heterocycles. The first-order valence-corrected chi connectivity index (χ1v) is 4.57. The van der Waals surface area contributed by atoms with Gasteiger partial charge in [0.05, 0.1) is 5.92 Å². The van der Waals surface area contributed by atoms with Gasteiger partial charge in [-0.3, -0.25) is 4.79 Å². The van der Waals surface area contributed by atoms with Crippen molar-refractivity contribution >= 4 is 5.97 Å². The Morgan fingerprint density at radius 3 is 2.83 bits per heavy atom. The summed E-state index contributed by atoms with van der Waals surface area (Å²) in [7, 11) is 0. The highest BCUT2D eigenvalue weighted by Gasteiger charge is 2.37. The number of allylic oxidation sites excluding steroid dienone is 1. The van der Waals surface area contributed by atoms with Crippen molar-refractivity contribution < 1.29 is 9.53 Å². The Labute approximate surface area is 73.6 Å². The van der Waals surface area contributed by atoms with Gasteiger partial charge in [0, 0.05) is 0 Å². The first-order chi connectivity index (χ1) is 5.75. The summed E-state index contributed by atoms with van der Waals surface area (Å²) in [6.45, 7) is 5.61. The highest BCUT2D eigenvalue weighted by Crippen LogP contribution is 2.26. The number of hydrogen-bond acceptors (Lipinski definition) is 2. The molecular formula is C10H16O2. The molecule has 0 spiro atoms. The molecule has 2 nitrogen and oxygen atoms in total. The summed E-state index contributed by atoms with van der Waals surface area (Å²) in [5, 5.41) is 0. The lowest BCUT2D eigenvalue weighted by atomic mass is 9.92. The van der Waals surface area contributed by atoms with Crippen LogP contribution in [0.2, 0.25) is 0 Å². The van der Waals surface area contributed by atoms with Crippen LogP contribution < -0.4 is 0 Å². The summed E-state index contributed by atoms with van der Waals surface area (Å²) >= 11 is 0. The third-order valence-corrected chi connectivity index (χ3v) is 2.34. The number of cyclic esters (lactones) is 1. The third-order valence-electron chi connectivity index (χ3n) is 2.34. The fraction of sp³-hybridized carbons (Fsp3) is 0.700. The molecule has 0 bridgehead atoms. The van der Waals surface area contributed by atoms with E-state index >= 15 is 0 Å². The van der Waals surface area contributed by atoms with Crippen LogP contribution in [0.4, 0.5) is 0 Å². The Bertz CT molecular complexity index is 175. The van der Waals surface area contributed by atoms with E-state index in [0.717, 1.165) is 25.7 Å². The second-order valence-electron chi connectivity index (χ2n) is 3.32. The zero-order valence-electron chi connectivity index (χ0n) is 7.58. The summed E-state index contributed by atoms with van der Waals surface area (Å²) in [4.78, 5) is 10.9. The number of ether oxygens (including phenoxy) is 1. The second-order valence-corrected chi connectivity index (χ2v) is 3.32. The van der Waals surface area contributed by atoms with E-state index in [0.29, 0.717) is 0 Å². The molecule has 1 saturated heterocycles. The minimum absolute atomic E-state index is 0.0129. The molecule has 1 rings (SSSR count). The quantitative estimate of drug-likeness (QED) is 0.357. The summed E-state index contributed by atoms with van der Waals surface area (Å²) < 4.78 is 4.85. The molecule has 0 saturated carbocycles. The average Bonchev–Trinajstić information content (AvgIpc) is 2.04. The standard InChI is InChI=1S/C10H16O2/c1-3-4-5-6-7-9-8(2)12-10(9)11/h3,8-9H,1,4-7H2,2H3. The fourth-order valence-corrected chi connectivity index (χ4v) is 1.48. The van der Waals surface area contributed by atoms with Crippen LogP contribution >= 0.6 is 0 Å². The molecule has 1 heterocycles. The van der Waals surface area contributed by atoms with E-state index in [1.54, 1.807) is 0 Å². The van der Waals surface area contributed by atoms with Crippen LogP contribution in [0.15, 0.2) is 12.7 Å². The highest BCUT2D eigenvalue weighted by molar-refractivity contribution is 5.78. The van der Waals surface area contributed by atoms with Crippen LogP contribution in [-0.2, 0) is 9.53 Å². The van der Waals surface area contributed by atoms with Crippen LogP contribution in [0.1, 0.15) is 32.6 Å². The van der Waals surface area contributed by atoms with Crippen molar-refractivity contribution in [2.75, 3.05) is 0 Å². The van der Waals surface area contributed by atoms with Crippen molar-refractivity contribution in [1.82, 2.24) is 0 Å². The monoisotopic (exact) mass is 168 g/mol. The number of rotatable bonds is 5. The molecule has 0 aliphatic carbocycles. The second kappa shape index (κ2) is 4.29. The Morgan fingerprint density at radius 2 is 2.33 bits per heavy atom. The highest BCUT2D eigenvalue weighted by atomic mass is 16.6. The predicted molar refractivity (Wildman–Crippen MR) is 47.7 cm³/mol. The lowest BCUT2D eigenvalue weighted by Crippen LogP contribution is -2.42. The van der Waals surface area contributed by atoms with Gasteiger partial charge in [-0.15, -0.1) is 6.58 Å². The van der Waals surface area contributed by atoms with Crippen molar-refractivity contribution in [3.63, 3.8) is 0 Å². The van der Waals surface area contributed by atoms with Gasteiger partial charge < -0.3 is 4.74 Å². The van der Waals surface area contributed by atoms with Crippen molar-refractivity contribution in [1.29, 1.82) is 0 Å². The smallest absolute Gasteiger partial charge is 0.312 e. The number of unbranched alkanes of at least 4 members (excludes halogenated alkanes) is 2. The molecule has 0 aromatic carbocycles. The predicted octanol–water partition coefficient (Wildman–Crippen LogP) is 2.29. The first-order valence-electron chi connectivity index (χ1n) is 4.57. The SMILES string of the molecule is C=CCCCCC1C(=O)OC1C. The van der Waals surface area contributed by atoms with Crippen LogP contribution in [0.25, 0.3) is 0 Å². The van der Waals surface area contributed by atoms with Gasteiger partial charge in [0.15, 0.2) is 0 Å². The minimum atomic E-state index is -0.0129. The molecule has 0 amide bonds. The average molecular weight is 168 g/mol. The Balaban J connectivity index is 2.06. The van der Waals surface area contributed by atoms with E-state index in [9.17, 15) is 4.79 Å². The van der Waals surface area contributed by atoms with Gasteiger partial charge in [-0.2, -0.15) is 0 Å². The summed E-state index contributed by atoms with van der Waals surface area (Å²) in [6, 6.07) is 0. The maximum absolute atomic E-state index is 10.9. The normalized spacial score (nSPS) is 27.6. The summed E-state index contributed by atoms with van der Waals surface area (Å²) in [5.41, 5.74) is 0. The molecular weight excluding hydrogens is 152 g/mol. The van der Waals surface area contributed by atoms with Crippen molar-refractivity contribution in [2.24, 2.45) is 5.92 Å². The van der Waals surface area contributed by atoms with Gasteiger partial charge in [0.2, 0.25) is 0 Å². The Kier molecular flexibility index (Phi) is 3.32. The third kappa shape index (κ3) is 2.10. The minimum Gasteiger partial charge on any atom is -0.461 e. The van der Waals surface area contributed by atoms with E-state index in [-0.39, 0.29) is 18.0 Å². The molecule has 2 unspecified atom stereocenters. The van der Waals surface area contributed by atoms with Crippen molar-refractivity contribution in [3.8, 4) is 0 Å². The lowest BCUT2D eigenvalue weighted by Gasteiger charge is -2.32.